The molecule has 1 aromatic rings. The van der Waals surface area contributed by atoms with Crippen molar-refractivity contribution in [2.45, 2.75) is 32.7 Å². The molecule has 2 atom stereocenters. The minimum Gasteiger partial charge on any atom is -0.481 e. The molecular formula is C19H25N3O4. The molecule has 7 nitrogen and oxygen atoms in total. The van der Waals surface area contributed by atoms with Crippen LogP contribution in [0.5, 0.6) is 0 Å². The van der Waals surface area contributed by atoms with Crippen LogP contribution < -0.4 is 10.2 Å². The molecule has 2 aliphatic rings. The van der Waals surface area contributed by atoms with Crippen LogP contribution in [0.4, 0.5) is 10.5 Å². The molecular weight excluding hydrogens is 334 g/mol. The minimum atomic E-state index is -0.846. The topological polar surface area (TPSA) is 89.9 Å². The SMILES string of the molecule is CC1CC(C(=O)O)CN(C(=O)NCc2ccc(N3CCCC3=O)cc2)C1. The van der Waals surface area contributed by atoms with Crippen LogP contribution in [0, 0.1) is 11.8 Å². The van der Waals surface area contributed by atoms with Crippen molar-refractivity contribution in [1.29, 1.82) is 0 Å². The second kappa shape index (κ2) is 7.76. The highest BCUT2D eigenvalue weighted by Crippen LogP contribution is 2.23. The number of benzene rings is 1. The summed E-state index contributed by atoms with van der Waals surface area (Å²) in [6.07, 6.45) is 2.10. The van der Waals surface area contributed by atoms with Crippen LogP contribution in [0.2, 0.25) is 0 Å². The van der Waals surface area contributed by atoms with Crippen LogP contribution in [-0.2, 0) is 16.1 Å². The highest BCUT2D eigenvalue weighted by molar-refractivity contribution is 5.95. The lowest BCUT2D eigenvalue weighted by Gasteiger charge is -2.34. The number of piperidine rings is 1. The molecule has 1 aromatic carbocycles. The molecule has 140 valence electrons. The largest absolute Gasteiger partial charge is 0.481 e. The van der Waals surface area contributed by atoms with Crippen LogP contribution in [0.3, 0.4) is 0 Å². The fraction of sp³-hybridized carbons (Fsp3) is 0.526. The Balaban J connectivity index is 1.54. The zero-order valence-corrected chi connectivity index (χ0v) is 15.0. The third-order valence-electron chi connectivity index (χ3n) is 5.06. The highest BCUT2D eigenvalue weighted by Gasteiger charge is 2.31. The van der Waals surface area contributed by atoms with Gasteiger partial charge < -0.3 is 20.2 Å². The monoisotopic (exact) mass is 359 g/mol. The third kappa shape index (κ3) is 4.15. The number of urea groups is 1. The zero-order valence-electron chi connectivity index (χ0n) is 15.0. The average molecular weight is 359 g/mol. The summed E-state index contributed by atoms with van der Waals surface area (Å²) >= 11 is 0. The van der Waals surface area contributed by atoms with Gasteiger partial charge in [-0.25, -0.2) is 4.79 Å². The molecule has 3 amide bonds. The van der Waals surface area contributed by atoms with E-state index in [9.17, 15) is 19.5 Å². The summed E-state index contributed by atoms with van der Waals surface area (Å²) in [5, 5.41) is 12.1. The minimum absolute atomic E-state index is 0.151. The Kier molecular flexibility index (Phi) is 5.44. The van der Waals surface area contributed by atoms with Crippen molar-refractivity contribution in [1.82, 2.24) is 10.2 Å². The number of carbonyl (C=O) groups is 3. The maximum absolute atomic E-state index is 12.4. The van der Waals surface area contributed by atoms with Crippen LogP contribution in [-0.4, -0.2) is 47.5 Å². The molecule has 2 fully saturated rings. The van der Waals surface area contributed by atoms with Gasteiger partial charge in [0.05, 0.1) is 5.92 Å². The predicted molar refractivity (Wildman–Crippen MR) is 96.7 cm³/mol. The lowest BCUT2D eigenvalue weighted by molar-refractivity contribution is -0.143. The highest BCUT2D eigenvalue weighted by atomic mass is 16.4. The van der Waals surface area contributed by atoms with Crippen molar-refractivity contribution >= 4 is 23.6 Å². The van der Waals surface area contributed by atoms with Gasteiger partial charge in [0.15, 0.2) is 0 Å². The second-order valence-corrected chi connectivity index (χ2v) is 7.26. The number of nitrogens with one attached hydrogen (secondary N) is 1. The van der Waals surface area contributed by atoms with E-state index >= 15 is 0 Å². The van der Waals surface area contributed by atoms with E-state index in [4.69, 9.17) is 0 Å². The summed E-state index contributed by atoms with van der Waals surface area (Å²) in [5.74, 6) is -1.02. The molecule has 2 heterocycles. The summed E-state index contributed by atoms with van der Waals surface area (Å²) in [4.78, 5) is 38.7. The smallest absolute Gasteiger partial charge is 0.317 e. The molecule has 2 N–H and O–H groups in total. The molecule has 0 spiro atoms. The molecule has 0 aromatic heterocycles. The first-order valence-electron chi connectivity index (χ1n) is 9.09. The predicted octanol–water partition coefficient (Wildman–Crippen LogP) is 2.07. The van der Waals surface area contributed by atoms with Crippen molar-refractivity contribution in [3.8, 4) is 0 Å². The van der Waals surface area contributed by atoms with Gasteiger partial charge in [0.1, 0.15) is 0 Å². The van der Waals surface area contributed by atoms with Crippen LogP contribution in [0.1, 0.15) is 31.7 Å². The Morgan fingerprint density at radius 3 is 2.58 bits per heavy atom. The Morgan fingerprint density at radius 2 is 1.96 bits per heavy atom. The molecule has 0 aliphatic carbocycles. The molecule has 0 radical (unpaired) electrons. The maximum Gasteiger partial charge on any atom is 0.317 e. The fourth-order valence-corrected chi connectivity index (χ4v) is 3.70. The molecule has 26 heavy (non-hydrogen) atoms. The number of carboxylic acid groups (broad SMARTS) is 1. The molecule has 2 saturated heterocycles. The summed E-state index contributed by atoms with van der Waals surface area (Å²) in [5.41, 5.74) is 1.82. The van der Waals surface area contributed by atoms with E-state index in [-0.39, 0.29) is 24.4 Å². The Hall–Kier alpha value is -2.57. The van der Waals surface area contributed by atoms with Gasteiger partial charge in [-0.1, -0.05) is 19.1 Å². The van der Waals surface area contributed by atoms with E-state index in [2.05, 4.69) is 5.32 Å². The zero-order chi connectivity index (χ0) is 18.7. The first kappa shape index (κ1) is 18.2. The van der Waals surface area contributed by atoms with Crippen molar-refractivity contribution in [2.75, 3.05) is 24.5 Å². The van der Waals surface area contributed by atoms with Crippen molar-refractivity contribution in [3.05, 3.63) is 29.8 Å². The van der Waals surface area contributed by atoms with Gasteiger partial charge in [-0.2, -0.15) is 0 Å². The van der Waals surface area contributed by atoms with Gasteiger partial charge in [-0.05, 0) is 36.5 Å². The van der Waals surface area contributed by atoms with E-state index in [0.717, 1.165) is 24.2 Å². The first-order valence-corrected chi connectivity index (χ1v) is 9.09. The van der Waals surface area contributed by atoms with Gasteiger partial charge in [-0.15, -0.1) is 0 Å². The number of likely N-dealkylation sites (tertiary alicyclic amines) is 1. The Labute approximate surface area is 153 Å². The number of carbonyl (C=O) groups excluding carboxylic acids is 2. The van der Waals surface area contributed by atoms with Crippen molar-refractivity contribution in [3.63, 3.8) is 0 Å². The molecule has 7 heteroatoms. The number of aliphatic carboxylic acids is 1. The second-order valence-electron chi connectivity index (χ2n) is 7.26. The van der Waals surface area contributed by atoms with E-state index in [0.29, 0.717) is 25.9 Å². The number of carboxylic acids is 1. The lowest BCUT2D eigenvalue weighted by Crippen LogP contribution is -2.49. The number of hydrogen-bond acceptors (Lipinski definition) is 3. The average Bonchev–Trinajstić information content (AvgIpc) is 3.05. The molecule has 3 rings (SSSR count). The molecule has 0 saturated carbocycles. The first-order chi connectivity index (χ1) is 12.4. The van der Waals surface area contributed by atoms with E-state index in [1.807, 2.05) is 31.2 Å². The number of hydrogen-bond donors (Lipinski definition) is 2. The lowest BCUT2D eigenvalue weighted by atomic mass is 9.91. The summed E-state index contributed by atoms with van der Waals surface area (Å²) in [6, 6.07) is 7.37. The van der Waals surface area contributed by atoms with Crippen LogP contribution in [0.25, 0.3) is 0 Å². The van der Waals surface area contributed by atoms with Gasteiger partial charge in [0, 0.05) is 38.3 Å². The third-order valence-corrected chi connectivity index (χ3v) is 5.06. The van der Waals surface area contributed by atoms with E-state index < -0.39 is 11.9 Å². The Morgan fingerprint density at radius 1 is 1.23 bits per heavy atom. The van der Waals surface area contributed by atoms with Crippen LogP contribution >= 0.6 is 0 Å². The summed E-state index contributed by atoms with van der Waals surface area (Å²) < 4.78 is 0. The molecule has 2 aliphatic heterocycles. The van der Waals surface area contributed by atoms with E-state index in [1.54, 1.807) is 9.80 Å². The van der Waals surface area contributed by atoms with E-state index in [1.165, 1.54) is 0 Å². The van der Waals surface area contributed by atoms with Gasteiger partial charge >= 0.3 is 12.0 Å². The number of anilines is 1. The van der Waals surface area contributed by atoms with Gasteiger partial charge in [0.2, 0.25) is 5.91 Å². The Bertz CT molecular complexity index is 689. The van der Waals surface area contributed by atoms with Gasteiger partial charge in [0.25, 0.3) is 0 Å². The number of rotatable bonds is 4. The standard InChI is InChI=1S/C19H25N3O4/c1-13-9-15(18(24)25)12-21(11-13)19(26)20-10-14-4-6-16(7-5-14)22-8-2-3-17(22)23/h4-7,13,15H,2-3,8-12H2,1H3,(H,20,26)(H,24,25). The maximum atomic E-state index is 12.4. The van der Waals surface area contributed by atoms with Gasteiger partial charge in [-0.3, -0.25) is 9.59 Å². The van der Waals surface area contributed by atoms with Crippen molar-refractivity contribution < 1.29 is 19.5 Å². The van der Waals surface area contributed by atoms with Crippen LogP contribution in [0.15, 0.2) is 24.3 Å². The quantitative estimate of drug-likeness (QED) is 0.861. The normalized spacial score (nSPS) is 23.2. The van der Waals surface area contributed by atoms with Crippen molar-refractivity contribution in [2.24, 2.45) is 11.8 Å². The summed E-state index contributed by atoms with van der Waals surface area (Å²) in [6.45, 7) is 3.92. The summed E-state index contributed by atoms with van der Waals surface area (Å²) in [7, 11) is 0. The molecule has 0 bridgehead atoms. The number of nitrogens with zero attached hydrogens (tertiary/aromatic N) is 2. The number of amides is 3. The fourth-order valence-electron chi connectivity index (χ4n) is 3.70. The molecule has 2 unspecified atom stereocenters.